The van der Waals surface area contributed by atoms with Gasteiger partial charge >= 0.3 is 0 Å². The summed E-state index contributed by atoms with van der Waals surface area (Å²) in [6.45, 7) is 2.02. The van der Waals surface area contributed by atoms with Gasteiger partial charge in [0.15, 0.2) is 0 Å². The molecule has 0 atom stereocenters. The largest absolute Gasteiger partial charge is 0.444 e. The van der Waals surface area contributed by atoms with Gasteiger partial charge in [0.05, 0.1) is 5.69 Å². The van der Waals surface area contributed by atoms with Gasteiger partial charge in [-0.1, -0.05) is 36.4 Å². The monoisotopic (exact) mass is 543 g/mol. The second-order valence-corrected chi connectivity index (χ2v) is 10.1. The minimum Gasteiger partial charge on any atom is -0.444 e. The summed E-state index contributed by atoms with van der Waals surface area (Å²) in [6, 6.07) is 21.7. The molecular weight excluding hydrogens is 514 g/mol. The Morgan fingerprint density at radius 2 is 1.83 bits per heavy atom. The second kappa shape index (κ2) is 11.1. The first-order valence-electron chi connectivity index (χ1n) is 13.4. The average molecular weight is 544 g/mol. The van der Waals surface area contributed by atoms with Crippen LogP contribution in [0.25, 0.3) is 44.7 Å². The maximum atomic E-state index is 12.1. The van der Waals surface area contributed by atoms with Crippen molar-refractivity contribution in [2.45, 2.75) is 19.8 Å². The number of benzene rings is 2. The summed E-state index contributed by atoms with van der Waals surface area (Å²) < 4.78 is 7.51. The van der Waals surface area contributed by atoms with E-state index in [4.69, 9.17) is 10.2 Å². The lowest BCUT2D eigenvalue weighted by Crippen LogP contribution is -2.14. The number of nitrogens with one attached hydrogen (secondary N) is 1. The van der Waals surface area contributed by atoms with E-state index in [0.29, 0.717) is 17.5 Å². The number of carbonyl (C=O) groups is 1. The zero-order chi connectivity index (χ0) is 28.3. The molecule has 1 aliphatic carbocycles. The number of pyridine rings is 2. The molecule has 2 aromatic carbocycles. The predicted molar refractivity (Wildman–Crippen MR) is 160 cm³/mol. The van der Waals surface area contributed by atoms with Gasteiger partial charge in [-0.3, -0.25) is 9.48 Å². The fraction of sp³-hybridized carbons (Fsp3) is 0.156. The summed E-state index contributed by atoms with van der Waals surface area (Å²) in [4.78, 5) is 25.8. The van der Waals surface area contributed by atoms with Gasteiger partial charge in [-0.15, -0.1) is 0 Å². The van der Waals surface area contributed by atoms with Crippen LogP contribution in [0, 0.1) is 12.8 Å². The third kappa shape index (κ3) is 5.84. The summed E-state index contributed by atoms with van der Waals surface area (Å²) >= 11 is 0. The molecule has 4 aromatic heterocycles. The van der Waals surface area contributed by atoms with Crippen molar-refractivity contribution in [2.24, 2.45) is 13.0 Å². The van der Waals surface area contributed by atoms with E-state index in [1.807, 2.05) is 86.9 Å². The number of aromatic nitrogens is 5. The van der Waals surface area contributed by atoms with Gasteiger partial charge in [0.2, 0.25) is 11.8 Å². The maximum absolute atomic E-state index is 12.1. The van der Waals surface area contributed by atoms with Crippen LogP contribution in [0.3, 0.4) is 0 Å². The molecule has 7 rings (SSSR count). The van der Waals surface area contributed by atoms with Crippen LogP contribution in [0.15, 0.2) is 96.0 Å². The van der Waals surface area contributed by atoms with Gasteiger partial charge < -0.3 is 15.5 Å². The van der Waals surface area contributed by atoms with E-state index in [0.717, 1.165) is 57.3 Å². The average Bonchev–Trinajstić information content (AvgIpc) is 3.52. The third-order valence-corrected chi connectivity index (χ3v) is 6.90. The Kier molecular flexibility index (Phi) is 6.99. The highest BCUT2D eigenvalue weighted by molar-refractivity contribution is 5.98. The number of oxazole rings is 1. The molecule has 0 bridgehead atoms. The van der Waals surface area contributed by atoms with Crippen LogP contribution in [0.5, 0.6) is 0 Å². The number of amides is 1. The van der Waals surface area contributed by atoms with Crippen molar-refractivity contribution in [1.29, 1.82) is 0 Å². The molecule has 4 heterocycles. The topological polar surface area (TPSA) is 125 Å². The molecule has 9 nitrogen and oxygen atoms in total. The fourth-order valence-corrected chi connectivity index (χ4v) is 4.53. The molecular formula is C32H29N7O2. The van der Waals surface area contributed by atoms with Crippen molar-refractivity contribution in [3.8, 4) is 34.0 Å². The number of nitrogen functional groups attached to an aromatic ring is 1. The summed E-state index contributed by atoms with van der Waals surface area (Å²) in [7, 11) is 1.89. The number of fused-ring (bicyclic) bond motifs is 1. The number of aryl methyl sites for hydroxylation is 2. The second-order valence-electron chi connectivity index (χ2n) is 10.1. The Bertz CT molecular complexity index is 1820. The standard InChI is InChI=1S/C28H23N5O2.C4H6N2/c1-16-11-19(28-32-24(15-35-28)17-5-3-2-4-6-17)9-10-21(16)23-12-20-13-25(33-27(34)18-7-8-18)30-14-22(20)26(29)31-23;1-6-4-2-3-5-6/h2-6,9-15,18H,7-8H2,1H3,(H2,29,31)(H,30,33,34);2-4H,1H3. The van der Waals surface area contributed by atoms with Crippen LogP contribution in [0.2, 0.25) is 0 Å². The van der Waals surface area contributed by atoms with Gasteiger partial charge in [0, 0.05) is 53.6 Å². The molecule has 0 unspecified atom stereocenters. The summed E-state index contributed by atoms with van der Waals surface area (Å²) in [5, 5.41) is 8.35. The van der Waals surface area contributed by atoms with Crippen LogP contribution >= 0.6 is 0 Å². The van der Waals surface area contributed by atoms with Crippen molar-refractivity contribution in [2.75, 3.05) is 11.1 Å². The minimum atomic E-state index is 0.0208. The fourth-order valence-electron chi connectivity index (χ4n) is 4.53. The highest BCUT2D eigenvalue weighted by Crippen LogP contribution is 2.33. The van der Waals surface area contributed by atoms with Gasteiger partial charge in [0.25, 0.3) is 0 Å². The lowest BCUT2D eigenvalue weighted by atomic mass is 10.0. The molecule has 9 heteroatoms. The van der Waals surface area contributed by atoms with Crippen LogP contribution in [-0.2, 0) is 11.8 Å². The van der Waals surface area contributed by atoms with Gasteiger partial charge in [0.1, 0.15) is 23.6 Å². The van der Waals surface area contributed by atoms with Crippen molar-refractivity contribution in [3.63, 3.8) is 0 Å². The molecule has 0 radical (unpaired) electrons. The first-order chi connectivity index (χ1) is 19.9. The lowest BCUT2D eigenvalue weighted by Gasteiger charge is -2.11. The molecule has 41 heavy (non-hydrogen) atoms. The number of hydrogen-bond donors (Lipinski definition) is 2. The van der Waals surface area contributed by atoms with Crippen molar-refractivity contribution < 1.29 is 9.21 Å². The van der Waals surface area contributed by atoms with E-state index in [1.54, 1.807) is 23.3 Å². The lowest BCUT2D eigenvalue weighted by molar-refractivity contribution is -0.117. The number of nitrogens with zero attached hydrogens (tertiary/aromatic N) is 5. The van der Waals surface area contributed by atoms with Crippen molar-refractivity contribution in [1.82, 2.24) is 24.7 Å². The van der Waals surface area contributed by atoms with E-state index in [2.05, 4.69) is 25.4 Å². The minimum absolute atomic E-state index is 0.0208. The van der Waals surface area contributed by atoms with Crippen LogP contribution < -0.4 is 11.1 Å². The van der Waals surface area contributed by atoms with Crippen molar-refractivity contribution in [3.05, 3.63) is 97.1 Å². The summed E-state index contributed by atoms with van der Waals surface area (Å²) in [5.41, 5.74) is 11.7. The summed E-state index contributed by atoms with van der Waals surface area (Å²) in [5.74, 6) is 1.61. The molecule has 1 aliphatic rings. The number of hydrogen-bond acceptors (Lipinski definition) is 7. The number of anilines is 2. The highest BCUT2D eigenvalue weighted by atomic mass is 16.3. The first kappa shape index (κ1) is 25.9. The number of nitrogens with two attached hydrogens (primary N) is 1. The molecule has 1 fully saturated rings. The zero-order valence-corrected chi connectivity index (χ0v) is 22.8. The predicted octanol–water partition coefficient (Wildman–Crippen LogP) is 6.28. The third-order valence-electron chi connectivity index (χ3n) is 6.90. The molecule has 0 saturated heterocycles. The first-order valence-corrected chi connectivity index (χ1v) is 13.4. The Balaban J connectivity index is 0.000000449. The van der Waals surface area contributed by atoms with Crippen LogP contribution in [0.4, 0.5) is 11.6 Å². The summed E-state index contributed by atoms with van der Waals surface area (Å²) in [6.07, 6.45) is 8.85. The SMILES string of the molecule is Cc1cc(-c2nc(-c3ccccc3)co2)ccc1-c1cc2cc(NC(=O)C3CC3)ncc2c(N)n1.Cn1cccn1. The van der Waals surface area contributed by atoms with Gasteiger partial charge in [-0.25, -0.2) is 15.0 Å². The molecule has 1 amide bonds. The molecule has 6 aromatic rings. The van der Waals surface area contributed by atoms with E-state index < -0.39 is 0 Å². The van der Waals surface area contributed by atoms with Gasteiger partial charge in [-0.2, -0.15) is 5.10 Å². The van der Waals surface area contributed by atoms with E-state index in [1.165, 1.54) is 0 Å². The van der Waals surface area contributed by atoms with Crippen LogP contribution in [-0.4, -0.2) is 30.6 Å². The normalized spacial score (nSPS) is 12.5. The Morgan fingerprint density at radius 1 is 1.00 bits per heavy atom. The molecule has 3 N–H and O–H groups in total. The smallest absolute Gasteiger partial charge is 0.228 e. The molecule has 1 saturated carbocycles. The van der Waals surface area contributed by atoms with Crippen LogP contribution in [0.1, 0.15) is 18.4 Å². The maximum Gasteiger partial charge on any atom is 0.228 e. The Hall–Kier alpha value is -5.31. The highest BCUT2D eigenvalue weighted by Gasteiger charge is 2.29. The Morgan fingerprint density at radius 3 is 2.51 bits per heavy atom. The zero-order valence-electron chi connectivity index (χ0n) is 22.8. The quantitative estimate of drug-likeness (QED) is 0.262. The van der Waals surface area contributed by atoms with Crippen molar-refractivity contribution >= 4 is 28.3 Å². The molecule has 204 valence electrons. The van der Waals surface area contributed by atoms with E-state index in [-0.39, 0.29) is 11.8 Å². The molecule has 0 aliphatic heterocycles. The number of carbonyl (C=O) groups excluding carboxylic acids is 1. The van der Waals surface area contributed by atoms with E-state index >= 15 is 0 Å². The number of rotatable bonds is 5. The van der Waals surface area contributed by atoms with Gasteiger partial charge in [-0.05, 0) is 61.0 Å². The molecule has 0 spiro atoms. The Labute approximate surface area is 237 Å². The van der Waals surface area contributed by atoms with E-state index in [9.17, 15) is 4.79 Å².